The van der Waals surface area contributed by atoms with Crippen LogP contribution in [-0.2, 0) is 6.42 Å². The number of hydrogen-bond donors (Lipinski definition) is 0. The molecule has 1 aliphatic carbocycles. The Bertz CT molecular complexity index is 688. The average Bonchev–Trinajstić information content (AvgIpc) is 3.13. The number of benzene rings is 1. The summed E-state index contributed by atoms with van der Waals surface area (Å²) < 4.78 is 0. The summed E-state index contributed by atoms with van der Waals surface area (Å²) in [5.41, 5.74) is 4.40. The minimum absolute atomic E-state index is 0.0484. The zero-order chi connectivity index (χ0) is 19.2. The predicted octanol–water partition coefficient (Wildman–Crippen LogP) is 7.73. The standard InChI is InChI=1S/C24H34N2/c1-7-11-22(19(4)24(5,6)8-2)25-26-23-17-21(15-14-18(23)3)16-20-12-9-10-13-20/h7-8,11,14-15,17,19-20H,1-2,9-10,12-13,16H2,3-6H3/b22-11+,26-25+. The lowest BCUT2D eigenvalue weighted by Gasteiger charge is -2.28. The molecule has 0 bridgehead atoms. The number of rotatable bonds is 8. The largest absolute Gasteiger partial charge is 0.155 e. The van der Waals surface area contributed by atoms with Crippen molar-refractivity contribution in [2.24, 2.45) is 27.5 Å². The lowest BCUT2D eigenvalue weighted by molar-refractivity contribution is 0.348. The van der Waals surface area contributed by atoms with Crippen molar-refractivity contribution in [3.05, 3.63) is 66.4 Å². The molecule has 2 heteroatoms. The van der Waals surface area contributed by atoms with Crippen LogP contribution in [0.5, 0.6) is 0 Å². The van der Waals surface area contributed by atoms with E-state index in [1.54, 1.807) is 6.08 Å². The molecule has 1 aromatic carbocycles. The first-order valence-electron chi connectivity index (χ1n) is 9.85. The van der Waals surface area contributed by atoms with Gasteiger partial charge in [-0.2, -0.15) is 10.2 Å². The van der Waals surface area contributed by atoms with Gasteiger partial charge in [0, 0.05) is 5.92 Å². The summed E-state index contributed by atoms with van der Waals surface area (Å²) in [6, 6.07) is 6.63. The van der Waals surface area contributed by atoms with Crippen molar-refractivity contribution in [3.63, 3.8) is 0 Å². The molecule has 0 spiro atoms. The molecular weight excluding hydrogens is 316 g/mol. The smallest absolute Gasteiger partial charge is 0.0888 e. The van der Waals surface area contributed by atoms with Crippen LogP contribution in [0.3, 0.4) is 0 Å². The van der Waals surface area contributed by atoms with Gasteiger partial charge in [0.15, 0.2) is 0 Å². The minimum atomic E-state index is -0.0484. The molecule has 1 aromatic rings. The molecule has 1 atom stereocenters. The Morgan fingerprint density at radius 2 is 1.96 bits per heavy atom. The molecule has 0 radical (unpaired) electrons. The van der Waals surface area contributed by atoms with Gasteiger partial charge in [0.25, 0.3) is 0 Å². The average molecular weight is 351 g/mol. The van der Waals surface area contributed by atoms with Crippen molar-refractivity contribution in [1.29, 1.82) is 0 Å². The van der Waals surface area contributed by atoms with E-state index in [4.69, 9.17) is 0 Å². The van der Waals surface area contributed by atoms with Gasteiger partial charge in [-0.15, -0.1) is 6.58 Å². The summed E-state index contributed by atoms with van der Waals surface area (Å²) in [5, 5.41) is 9.20. The van der Waals surface area contributed by atoms with Crippen molar-refractivity contribution in [2.75, 3.05) is 0 Å². The summed E-state index contributed by atoms with van der Waals surface area (Å²) in [5.74, 6) is 1.05. The maximum atomic E-state index is 4.60. The van der Waals surface area contributed by atoms with E-state index in [1.807, 2.05) is 12.2 Å². The third kappa shape index (κ3) is 5.27. The molecule has 1 fully saturated rings. The van der Waals surface area contributed by atoms with Crippen molar-refractivity contribution in [2.45, 2.75) is 59.8 Å². The van der Waals surface area contributed by atoms with E-state index in [9.17, 15) is 0 Å². The predicted molar refractivity (Wildman–Crippen MR) is 113 cm³/mol. The monoisotopic (exact) mass is 350 g/mol. The second-order valence-electron chi connectivity index (χ2n) is 8.25. The first kappa shape index (κ1) is 20.4. The number of azo groups is 1. The van der Waals surface area contributed by atoms with E-state index in [2.05, 4.69) is 69.3 Å². The van der Waals surface area contributed by atoms with Gasteiger partial charge in [-0.3, -0.25) is 0 Å². The van der Waals surface area contributed by atoms with Gasteiger partial charge in [-0.25, -0.2) is 0 Å². The fraction of sp³-hybridized carbons (Fsp3) is 0.500. The SMILES string of the molecule is C=C/C=C(/N=N/c1cc(CC2CCCC2)ccc1C)C(C)C(C)(C)C=C. The molecular formula is C24H34N2. The van der Waals surface area contributed by atoms with E-state index in [-0.39, 0.29) is 11.3 Å². The van der Waals surface area contributed by atoms with Crippen LogP contribution >= 0.6 is 0 Å². The molecule has 0 saturated heterocycles. The normalized spacial score (nSPS) is 17.6. The Balaban J connectivity index is 2.22. The Kier molecular flexibility index (Phi) is 7.14. The molecule has 0 N–H and O–H groups in total. The van der Waals surface area contributed by atoms with Crippen molar-refractivity contribution in [1.82, 2.24) is 0 Å². The second kappa shape index (κ2) is 9.12. The fourth-order valence-electron chi connectivity index (χ4n) is 3.49. The Labute approximate surface area is 159 Å². The van der Waals surface area contributed by atoms with Crippen LogP contribution in [0.2, 0.25) is 0 Å². The molecule has 26 heavy (non-hydrogen) atoms. The molecule has 2 rings (SSSR count). The number of allylic oxidation sites excluding steroid dienone is 4. The second-order valence-corrected chi connectivity index (χ2v) is 8.25. The van der Waals surface area contributed by atoms with Crippen molar-refractivity contribution in [3.8, 4) is 0 Å². The zero-order valence-corrected chi connectivity index (χ0v) is 17.0. The number of aryl methyl sites for hydroxylation is 1. The van der Waals surface area contributed by atoms with E-state index in [0.29, 0.717) is 0 Å². The first-order valence-corrected chi connectivity index (χ1v) is 9.85. The van der Waals surface area contributed by atoms with E-state index in [0.717, 1.165) is 29.3 Å². The first-order chi connectivity index (χ1) is 12.4. The highest BCUT2D eigenvalue weighted by Gasteiger charge is 2.25. The van der Waals surface area contributed by atoms with E-state index in [1.165, 1.54) is 31.2 Å². The summed E-state index contributed by atoms with van der Waals surface area (Å²) >= 11 is 0. The van der Waals surface area contributed by atoms with E-state index < -0.39 is 0 Å². The molecule has 0 aromatic heterocycles. The molecule has 0 amide bonds. The fourth-order valence-corrected chi connectivity index (χ4v) is 3.49. The zero-order valence-electron chi connectivity index (χ0n) is 17.0. The molecule has 1 saturated carbocycles. The summed E-state index contributed by atoms with van der Waals surface area (Å²) in [6.45, 7) is 16.4. The molecule has 1 unspecified atom stereocenters. The molecule has 0 aliphatic heterocycles. The van der Waals surface area contributed by atoms with Crippen molar-refractivity contribution < 1.29 is 0 Å². The highest BCUT2D eigenvalue weighted by Crippen LogP contribution is 2.35. The van der Waals surface area contributed by atoms with Crippen LogP contribution in [0.4, 0.5) is 5.69 Å². The third-order valence-corrected chi connectivity index (χ3v) is 5.92. The third-order valence-electron chi connectivity index (χ3n) is 5.92. The lowest BCUT2D eigenvalue weighted by Crippen LogP contribution is -2.19. The molecule has 0 heterocycles. The Morgan fingerprint density at radius 1 is 1.27 bits per heavy atom. The summed E-state index contributed by atoms with van der Waals surface area (Å²) in [4.78, 5) is 0. The van der Waals surface area contributed by atoms with Gasteiger partial charge in [0.2, 0.25) is 0 Å². The van der Waals surface area contributed by atoms with Crippen LogP contribution < -0.4 is 0 Å². The molecule has 1 aliphatic rings. The topological polar surface area (TPSA) is 24.7 Å². The van der Waals surface area contributed by atoms with Gasteiger partial charge in [0.05, 0.1) is 11.4 Å². The van der Waals surface area contributed by atoms with Gasteiger partial charge >= 0.3 is 0 Å². The van der Waals surface area contributed by atoms with Crippen LogP contribution in [-0.4, -0.2) is 0 Å². The number of nitrogens with zero attached hydrogens (tertiary/aromatic N) is 2. The van der Waals surface area contributed by atoms with Gasteiger partial charge in [-0.05, 0) is 47.9 Å². The van der Waals surface area contributed by atoms with Crippen LogP contribution in [0.15, 0.2) is 65.5 Å². The van der Waals surface area contributed by atoms with Gasteiger partial charge in [-0.1, -0.05) is 77.3 Å². The minimum Gasteiger partial charge on any atom is -0.155 e. The quantitative estimate of drug-likeness (QED) is 0.260. The van der Waals surface area contributed by atoms with Crippen LogP contribution in [0, 0.1) is 24.2 Å². The summed E-state index contributed by atoms with van der Waals surface area (Å²) in [6.07, 6.45) is 12.4. The Morgan fingerprint density at radius 3 is 2.58 bits per heavy atom. The van der Waals surface area contributed by atoms with E-state index >= 15 is 0 Å². The van der Waals surface area contributed by atoms with Crippen LogP contribution in [0.1, 0.15) is 57.6 Å². The van der Waals surface area contributed by atoms with Crippen molar-refractivity contribution >= 4 is 5.69 Å². The molecule has 2 nitrogen and oxygen atoms in total. The highest BCUT2D eigenvalue weighted by atomic mass is 15.1. The van der Waals surface area contributed by atoms with Gasteiger partial charge < -0.3 is 0 Å². The molecule has 140 valence electrons. The lowest BCUT2D eigenvalue weighted by atomic mass is 9.78. The Hall–Kier alpha value is -1.96. The summed E-state index contributed by atoms with van der Waals surface area (Å²) in [7, 11) is 0. The maximum absolute atomic E-state index is 4.60. The maximum Gasteiger partial charge on any atom is 0.0888 e. The van der Waals surface area contributed by atoms with Crippen LogP contribution in [0.25, 0.3) is 0 Å². The number of hydrogen-bond acceptors (Lipinski definition) is 2. The van der Waals surface area contributed by atoms with Gasteiger partial charge in [0.1, 0.15) is 0 Å². The highest BCUT2D eigenvalue weighted by molar-refractivity contribution is 5.47.